The summed E-state index contributed by atoms with van der Waals surface area (Å²) >= 11 is 0. The first kappa shape index (κ1) is 10.6. The van der Waals surface area contributed by atoms with Gasteiger partial charge in [0.2, 0.25) is 0 Å². The summed E-state index contributed by atoms with van der Waals surface area (Å²) in [5.74, 6) is 0. The van der Waals surface area contributed by atoms with E-state index in [-0.39, 0.29) is 0 Å². The van der Waals surface area contributed by atoms with Crippen molar-refractivity contribution in [3.63, 3.8) is 0 Å². The normalized spacial score (nSPS) is 10.1. The molecular weight excluding hydrogens is 196 g/mol. The molecule has 0 aromatic heterocycles. The monoisotopic (exact) mass is 212 g/mol. The van der Waals surface area contributed by atoms with Gasteiger partial charge in [0.05, 0.1) is 0 Å². The van der Waals surface area contributed by atoms with Gasteiger partial charge < -0.3 is 10.6 Å². The highest BCUT2D eigenvalue weighted by atomic mass is 15.1. The maximum absolute atomic E-state index is 5.77. The lowest BCUT2D eigenvalue weighted by Crippen LogP contribution is -2.07. The molecule has 16 heavy (non-hydrogen) atoms. The highest BCUT2D eigenvalue weighted by molar-refractivity contribution is 5.69. The topological polar surface area (TPSA) is 29.3 Å². The second kappa shape index (κ2) is 4.27. The van der Waals surface area contributed by atoms with Crippen molar-refractivity contribution in [2.75, 3.05) is 24.7 Å². The van der Waals surface area contributed by atoms with E-state index < -0.39 is 0 Å². The van der Waals surface area contributed by atoms with Crippen molar-refractivity contribution in [1.82, 2.24) is 0 Å². The van der Waals surface area contributed by atoms with E-state index >= 15 is 0 Å². The molecule has 82 valence electrons. The van der Waals surface area contributed by atoms with Crippen LogP contribution in [0.2, 0.25) is 0 Å². The van der Waals surface area contributed by atoms with Crippen LogP contribution in [0.5, 0.6) is 0 Å². The van der Waals surface area contributed by atoms with Gasteiger partial charge in [0.15, 0.2) is 0 Å². The molecule has 0 saturated carbocycles. The molecule has 2 heteroatoms. The summed E-state index contributed by atoms with van der Waals surface area (Å²) in [4.78, 5) is 2.09. The number of nitrogens with two attached hydrogens (primary N) is 1. The molecule has 0 aliphatic rings. The average molecular weight is 212 g/mol. The second-order valence-corrected chi connectivity index (χ2v) is 4.07. The third kappa shape index (κ3) is 2.16. The number of anilines is 2. The summed E-state index contributed by atoms with van der Waals surface area (Å²) in [6, 6.07) is 16.4. The van der Waals surface area contributed by atoms with E-state index in [1.807, 2.05) is 32.3 Å². The third-order valence-corrected chi connectivity index (χ3v) is 2.60. The zero-order valence-corrected chi connectivity index (χ0v) is 9.64. The summed E-state index contributed by atoms with van der Waals surface area (Å²) < 4.78 is 0. The van der Waals surface area contributed by atoms with Crippen LogP contribution in [0.3, 0.4) is 0 Å². The van der Waals surface area contributed by atoms with Crippen molar-refractivity contribution in [3.05, 3.63) is 48.5 Å². The maximum Gasteiger partial charge on any atom is 0.0361 e. The summed E-state index contributed by atoms with van der Waals surface area (Å²) in [6.45, 7) is 0. The van der Waals surface area contributed by atoms with E-state index in [0.717, 1.165) is 11.3 Å². The number of rotatable bonds is 2. The first-order valence-electron chi connectivity index (χ1n) is 5.30. The van der Waals surface area contributed by atoms with Crippen molar-refractivity contribution in [3.8, 4) is 11.1 Å². The molecule has 0 atom stereocenters. The number of hydrogen-bond acceptors (Lipinski definition) is 2. The Morgan fingerprint density at radius 2 is 1.56 bits per heavy atom. The molecule has 0 unspecified atom stereocenters. The third-order valence-electron chi connectivity index (χ3n) is 2.60. The van der Waals surface area contributed by atoms with Crippen LogP contribution < -0.4 is 10.6 Å². The van der Waals surface area contributed by atoms with Gasteiger partial charge >= 0.3 is 0 Å². The molecule has 0 spiro atoms. The van der Waals surface area contributed by atoms with Gasteiger partial charge in [-0.2, -0.15) is 0 Å². The molecule has 2 aromatic rings. The lowest BCUT2D eigenvalue weighted by Gasteiger charge is -2.12. The van der Waals surface area contributed by atoms with Crippen molar-refractivity contribution in [2.24, 2.45) is 0 Å². The molecule has 0 bridgehead atoms. The minimum Gasteiger partial charge on any atom is -0.399 e. The number of hydrogen-bond donors (Lipinski definition) is 1. The van der Waals surface area contributed by atoms with Crippen molar-refractivity contribution in [2.45, 2.75) is 0 Å². The highest BCUT2D eigenvalue weighted by Crippen LogP contribution is 2.23. The van der Waals surface area contributed by atoms with Gasteiger partial charge in [0.1, 0.15) is 0 Å². The molecule has 2 rings (SSSR count). The fourth-order valence-electron chi connectivity index (χ4n) is 1.67. The predicted octanol–water partition coefficient (Wildman–Crippen LogP) is 3.00. The Bertz CT molecular complexity index is 472. The van der Waals surface area contributed by atoms with Gasteiger partial charge in [-0.05, 0) is 35.4 Å². The Morgan fingerprint density at radius 3 is 2.12 bits per heavy atom. The van der Waals surface area contributed by atoms with E-state index in [1.165, 1.54) is 11.3 Å². The predicted molar refractivity (Wildman–Crippen MR) is 70.6 cm³/mol. The van der Waals surface area contributed by atoms with E-state index in [1.54, 1.807) is 0 Å². The van der Waals surface area contributed by atoms with Crippen LogP contribution in [0.4, 0.5) is 11.4 Å². The van der Waals surface area contributed by atoms with Gasteiger partial charge in [0, 0.05) is 25.5 Å². The molecule has 0 heterocycles. The van der Waals surface area contributed by atoms with E-state index in [2.05, 4.69) is 35.2 Å². The van der Waals surface area contributed by atoms with Gasteiger partial charge in [-0.15, -0.1) is 0 Å². The van der Waals surface area contributed by atoms with Crippen LogP contribution in [0.25, 0.3) is 11.1 Å². The van der Waals surface area contributed by atoms with Gasteiger partial charge in [-0.1, -0.05) is 24.3 Å². The van der Waals surface area contributed by atoms with E-state index in [0.29, 0.717) is 0 Å². The van der Waals surface area contributed by atoms with Crippen LogP contribution in [-0.2, 0) is 0 Å². The molecule has 0 amide bonds. The summed E-state index contributed by atoms with van der Waals surface area (Å²) in [5.41, 5.74) is 10.1. The van der Waals surface area contributed by atoms with Crippen LogP contribution >= 0.6 is 0 Å². The van der Waals surface area contributed by atoms with Gasteiger partial charge in [-0.3, -0.25) is 0 Å². The molecule has 0 fully saturated rings. The zero-order chi connectivity index (χ0) is 11.5. The number of nitrogens with zero attached hydrogens (tertiary/aromatic N) is 1. The Labute approximate surface area is 96.3 Å². The zero-order valence-electron chi connectivity index (χ0n) is 9.64. The van der Waals surface area contributed by atoms with Gasteiger partial charge in [-0.25, -0.2) is 0 Å². The molecule has 2 nitrogen and oxygen atoms in total. The van der Waals surface area contributed by atoms with E-state index in [9.17, 15) is 0 Å². The van der Waals surface area contributed by atoms with Crippen molar-refractivity contribution < 1.29 is 0 Å². The van der Waals surface area contributed by atoms with Gasteiger partial charge in [0.25, 0.3) is 0 Å². The molecule has 0 aliphatic heterocycles. The first-order chi connectivity index (χ1) is 7.66. The molecular formula is C14H16N2. The lowest BCUT2D eigenvalue weighted by atomic mass is 10.0. The fourth-order valence-corrected chi connectivity index (χ4v) is 1.67. The minimum atomic E-state index is 0.800. The van der Waals surface area contributed by atoms with Crippen molar-refractivity contribution >= 4 is 11.4 Å². The van der Waals surface area contributed by atoms with Crippen LogP contribution in [-0.4, -0.2) is 14.1 Å². The Morgan fingerprint density at radius 1 is 0.875 bits per heavy atom. The Hall–Kier alpha value is -1.96. The smallest absolute Gasteiger partial charge is 0.0361 e. The maximum atomic E-state index is 5.77. The SMILES string of the molecule is CN(C)c1ccc(-c2cccc(N)c2)cc1. The summed E-state index contributed by atoms with van der Waals surface area (Å²) in [6.07, 6.45) is 0. The quantitative estimate of drug-likeness (QED) is 0.775. The number of benzene rings is 2. The number of nitrogen functional groups attached to an aromatic ring is 1. The summed E-state index contributed by atoms with van der Waals surface area (Å²) in [5, 5.41) is 0. The van der Waals surface area contributed by atoms with E-state index in [4.69, 9.17) is 5.73 Å². The Balaban J connectivity index is 2.35. The largest absolute Gasteiger partial charge is 0.399 e. The Kier molecular flexibility index (Phi) is 2.82. The molecule has 0 aliphatic carbocycles. The molecule has 2 aromatic carbocycles. The highest BCUT2D eigenvalue weighted by Gasteiger charge is 1.99. The van der Waals surface area contributed by atoms with Crippen LogP contribution in [0, 0.1) is 0 Å². The second-order valence-electron chi connectivity index (χ2n) is 4.07. The molecule has 0 saturated heterocycles. The molecule has 2 N–H and O–H groups in total. The minimum absolute atomic E-state index is 0.800. The summed E-state index contributed by atoms with van der Waals surface area (Å²) in [7, 11) is 4.07. The van der Waals surface area contributed by atoms with Crippen LogP contribution in [0.1, 0.15) is 0 Å². The van der Waals surface area contributed by atoms with Crippen molar-refractivity contribution in [1.29, 1.82) is 0 Å². The first-order valence-corrected chi connectivity index (χ1v) is 5.30. The standard InChI is InChI=1S/C14H16N2/c1-16(2)14-8-6-11(7-9-14)12-4-3-5-13(15)10-12/h3-10H,15H2,1-2H3. The fraction of sp³-hybridized carbons (Fsp3) is 0.143. The van der Waals surface area contributed by atoms with Crippen LogP contribution in [0.15, 0.2) is 48.5 Å². The molecule has 0 radical (unpaired) electrons. The lowest BCUT2D eigenvalue weighted by molar-refractivity contribution is 1.13. The average Bonchev–Trinajstić information content (AvgIpc) is 2.29.